The number of carbonyl (C=O) groups is 2. The molecule has 0 saturated carbocycles. The molecule has 3 rings (SSSR count). The normalized spacial score (nSPS) is 11.3. The van der Waals surface area contributed by atoms with Gasteiger partial charge in [-0.1, -0.05) is 63.2 Å². The van der Waals surface area contributed by atoms with E-state index in [2.05, 4.69) is 36.5 Å². The van der Waals surface area contributed by atoms with Gasteiger partial charge >= 0.3 is 0 Å². The maximum Gasteiger partial charge on any atom is 0.273 e. The number of aromatic nitrogens is 2. The number of anilines is 1. The van der Waals surface area contributed by atoms with Crippen LogP contribution in [-0.4, -0.2) is 21.6 Å². The van der Waals surface area contributed by atoms with Gasteiger partial charge in [0.05, 0.1) is 12.1 Å². The zero-order valence-electron chi connectivity index (χ0n) is 19.1. The predicted molar refractivity (Wildman–Crippen MR) is 126 cm³/mol. The Balaban J connectivity index is 1.65. The molecule has 0 aliphatic rings. The predicted octanol–water partition coefficient (Wildman–Crippen LogP) is 3.29. The molecular formula is C25H31N5O2. The molecule has 0 spiro atoms. The molecule has 3 aromatic rings. The number of nitrogens with two attached hydrogens (primary N) is 1. The second kappa shape index (κ2) is 9.78. The van der Waals surface area contributed by atoms with Crippen molar-refractivity contribution in [2.45, 2.75) is 45.7 Å². The summed E-state index contributed by atoms with van der Waals surface area (Å²) in [5.74, 6) is -0.381. The minimum Gasteiger partial charge on any atom is -0.352 e. The van der Waals surface area contributed by atoms with Crippen LogP contribution in [0.4, 0.5) is 5.69 Å². The maximum absolute atomic E-state index is 12.9. The summed E-state index contributed by atoms with van der Waals surface area (Å²) in [6.45, 7) is 7.08. The lowest BCUT2D eigenvalue weighted by Gasteiger charge is -2.13. The molecule has 4 N–H and O–H groups in total. The van der Waals surface area contributed by atoms with Gasteiger partial charge in [-0.2, -0.15) is 5.10 Å². The molecule has 1 aromatic heterocycles. The van der Waals surface area contributed by atoms with Crippen LogP contribution in [0.15, 0.2) is 54.6 Å². The fraction of sp³-hybridized carbons (Fsp3) is 0.320. The molecule has 168 valence electrons. The summed E-state index contributed by atoms with van der Waals surface area (Å²) in [5, 5.41) is 10.3. The summed E-state index contributed by atoms with van der Waals surface area (Å²) in [7, 11) is 1.75. The molecule has 1 heterocycles. The highest BCUT2D eigenvalue weighted by Gasteiger charge is 2.22. The van der Waals surface area contributed by atoms with Crippen molar-refractivity contribution in [3.8, 4) is 0 Å². The van der Waals surface area contributed by atoms with Crippen molar-refractivity contribution in [1.29, 1.82) is 0 Å². The molecule has 0 fully saturated rings. The van der Waals surface area contributed by atoms with Crippen molar-refractivity contribution in [1.82, 2.24) is 15.1 Å². The SMILES string of the molecule is Cn1nc(C(C)(C)C)cc1C(=O)Nc1ccccc1CC(=O)NCc1ccc(CN)cc1. The smallest absolute Gasteiger partial charge is 0.273 e. The molecular weight excluding hydrogens is 402 g/mol. The summed E-state index contributed by atoms with van der Waals surface area (Å²) >= 11 is 0. The number of aryl methyl sites for hydroxylation is 1. The zero-order valence-corrected chi connectivity index (χ0v) is 19.1. The fourth-order valence-corrected chi connectivity index (χ4v) is 3.26. The minimum atomic E-state index is -0.261. The number of hydrogen-bond donors (Lipinski definition) is 3. The molecule has 7 heteroatoms. The summed E-state index contributed by atoms with van der Waals surface area (Å²) in [4.78, 5) is 25.4. The Morgan fingerprint density at radius 3 is 2.31 bits per heavy atom. The average Bonchev–Trinajstić information content (AvgIpc) is 3.16. The first kappa shape index (κ1) is 23.2. The van der Waals surface area contributed by atoms with E-state index in [9.17, 15) is 9.59 Å². The van der Waals surface area contributed by atoms with Crippen LogP contribution in [0.2, 0.25) is 0 Å². The van der Waals surface area contributed by atoms with Gasteiger partial charge in [0.25, 0.3) is 5.91 Å². The second-order valence-corrected chi connectivity index (χ2v) is 8.87. The van der Waals surface area contributed by atoms with Crippen LogP contribution >= 0.6 is 0 Å². The number of nitrogens with one attached hydrogen (secondary N) is 2. The Kier molecular flexibility index (Phi) is 7.10. The standard InChI is InChI=1S/C25H31N5O2/c1-25(2,3)22-14-21(30(4)29-22)24(32)28-20-8-6-5-7-19(20)13-23(31)27-16-18-11-9-17(15-26)10-12-18/h5-12,14H,13,15-16,26H2,1-4H3,(H,27,31)(H,28,32). The Hall–Kier alpha value is -3.45. The molecule has 2 amide bonds. The van der Waals surface area contributed by atoms with Crippen LogP contribution in [0, 0.1) is 0 Å². The lowest BCUT2D eigenvalue weighted by atomic mass is 9.92. The van der Waals surface area contributed by atoms with Gasteiger partial charge in [0.15, 0.2) is 0 Å². The largest absolute Gasteiger partial charge is 0.352 e. The first-order valence-electron chi connectivity index (χ1n) is 10.7. The number of amides is 2. The van der Waals surface area contributed by atoms with Gasteiger partial charge in [0, 0.05) is 31.2 Å². The highest BCUT2D eigenvalue weighted by atomic mass is 16.2. The summed E-state index contributed by atoms with van der Waals surface area (Å²) in [5.41, 5.74) is 10.2. The van der Waals surface area contributed by atoms with E-state index in [4.69, 9.17) is 5.73 Å². The third kappa shape index (κ3) is 5.82. The molecule has 0 aliphatic heterocycles. The quantitative estimate of drug-likeness (QED) is 0.532. The number of rotatable bonds is 7. The van der Waals surface area contributed by atoms with Crippen molar-refractivity contribution >= 4 is 17.5 Å². The van der Waals surface area contributed by atoms with Crippen molar-refractivity contribution in [3.63, 3.8) is 0 Å². The van der Waals surface area contributed by atoms with Gasteiger partial charge in [0.2, 0.25) is 5.91 Å². The van der Waals surface area contributed by atoms with Crippen LogP contribution in [0.25, 0.3) is 0 Å². The average molecular weight is 434 g/mol. The fourth-order valence-electron chi connectivity index (χ4n) is 3.26. The van der Waals surface area contributed by atoms with Crippen LogP contribution in [-0.2, 0) is 36.8 Å². The molecule has 0 unspecified atom stereocenters. The van der Waals surface area contributed by atoms with E-state index in [0.29, 0.717) is 24.5 Å². The third-order valence-corrected chi connectivity index (χ3v) is 5.25. The lowest BCUT2D eigenvalue weighted by Crippen LogP contribution is -2.25. The van der Waals surface area contributed by atoms with Crippen molar-refractivity contribution in [3.05, 3.63) is 82.7 Å². The Bertz CT molecular complexity index is 1090. The van der Waals surface area contributed by atoms with Crippen molar-refractivity contribution < 1.29 is 9.59 Å². The van der Waals surface area contributed by atoms with Gasteiger partial charge in [-0.15, -0.1) is 0 Å². The Morgan fingerprint density at radius 1 is 1.03 bits per heavy atom. The van der Waals surface area contributed by atoms with Gasteiger partial charge in [0.1, 0.15) is 5.69 Å². The molecule has 2 aromatic carbocycles. The lowest BCUT2D eigenvalue weighted by molar-refractivity contribution is -0.120. The van der Waals surface area contributed by atoms with E-state index >= 15 is 0 Å². The monoisotopic (exact) mass is 433 g/mol. The second-order valence-electron chi connectivity index (χ2n) is 8.87. The summed E-state index contributed by atoms with van der Waals surface area (Å²) < 4.78 is 1.58. The number of para-hydroxylation sites is 1. The molecule has 7 nitrogen and oxygen atoms in total. The Labute approximate surface area is 189 Å². The first-order chi connectivity index (χ1) is 15.2. The van der Waals surface area contributed by atoms with Gasteiger partial charge in [-0.3, -0.25) is 14.3 Å². The molecule has 0 bridgehead atoms. The Morgan fingerprint density at radius 2 is 1.69 bits per heavy atom. The van der Waals surface area contributed by atoms with E-state index in [-0.39, 0.29) is 23.7 Å². The topological polar surface area (TPSA) is 102 Å². The molecule has 0 radical (unpaired) electrons. The highest BCUT2D eigenvalue weighted by molar-refractivity contribution is 6.03. The van der Waals surface area contributed by atoms with Gasteiger partial charge in [-0.05, 0) is 28.8 Å². The molecule has 32 heavy (non-hydrogen) atoms. The zero-order chi connectivity index (χ0) is 23.3. The van der Waals surface area contributed by atoms with E-state index in [1.165, 1.54) is 0 Å². The van der Waals surface area contributed by atoms with Gasteiger partial charge in [-0.25, -0.2) is 0 Å². The number of carbonyl (C=O) groups excluding carboxylic acids is 2. The highest BCUT2D eigenvalue weighted by Crippen LogP contribution is 2.22. The minimum absolute atomic E-state index is 0.120. The summed E-state index contributed by atoms with van der Waals surface area (Å²) in [6, 6.07) is 17.0. The maximum atomic E-state index is 12.9. The van der Waals surface area contributed by atoms with E-state index in [1.807, 2.05) is 42.5 Å². The summed E-state index contributed by atoms with van der Waals surface area (Å²) in [6.07, 6.45) is 0.163. The number of benzene rings is 2. The molecule has 0 atom stereocenters. The van der Waals surface area contributed by atoms with Crippen LogP contribution in [0.1, 0.15) is 53.6 Å². The van der Waals surface area contributed by atoms with Crippen molar-refractivity contribution in [2.75, 3.05) is 5.32 Å². The van der Waals surface area contributed by atoms with Crippen LogP contribution in [0.5, 0.6) is 0 Å². The van der Waals surface area contributed by atoms with E-state index in [1.54, 1.807) is 23.9 Å². The molecule has 0 saturated heterocycles. The third-order valence-electron chi connectivity index (χ3n) is 5.25. The van der Waals surface area contributed by atoms with Crippen molar-refractivity contribution in [2.24, 2.45) is 12.8 Å². The number of hydrogen-bond acceptors (Lipinski definition) is 4. The van der Waals surface area contributed by atoms with Crippen LogP contribution in [0.3, 0.4) is 0 Å². The first-order valence-corrected chi connectivity index (χ1v) is 10.7. The number of nitrogens with zero attached hydrogens (tertiary/aromatic N) is 2. The van der Waals surface area contributed by atoms with E-state index in [0.717, 1.165) is 22.4 Å². The molecule has 0 aliphatic carbocycles. The van der Waals surface area contributed by atoms with Gasteiger partial charge < -0.3 is 16.4 Å². The van der Waals surface area contributed by atoms with Crippen LogP contribution < -0.4 is 16.4 Å². The van der Waals surface area contributed by atoms with E-state index < -0.39 is 0 Å².